The van der Waals surface area contributed by atoms with Gasteiger partial charge in [-0.25, -0.2) is 13.6 Å². The van der Waals surface area contributed by atoms with Crippen molar-refractivity contribution in [2.45, 2.75) is 54.4 Å². The molecule has 1 heterocycles. The molecule has 30 heavy (non-hydrogen) atoms. The molecule has 1 aliphatic rings. The summed E-state index contributed by atoms with van der Waals surface area (Å²) >= 11 is 2.57. The molecule has 12 heteroatoms. The summed E-state index contributed by atoms with van der Waals surface area (Å²) in [6.45, 7) is 3.63. The Hall–Kier alpha value is -2.02. The van der Waals surface area contributed by atoms with Gasteiger partial charge in [0.05, 0.1) is 16.7 Å². The topological polar surface area (TPSA) is 135 Å². The molecule has 0 bridgehead atoms. The number of nitrogens with one attached hydrogen (secondary N) is 1. The van der Waals surface area contributed by atoms with Gasteiger partial charge in [0.25, 0.3) is 0 Å². The average molecular weight is 470 g/mol. The van der Waals surface area contributed by atoms with Crippen molar-refractivity contribution >= 4 is 50.1 Å². The average Bonchev–Trinajstić information content (AvgIpc) is 3.43. The van der Waals surface area contributed by atoms with Gasteiger partial charge in [-0.15, -0.1) is 10.2 Å². The number of nitrogens with zero attached hydrogens (tertiary/aromatic N) is 3. The zero-order valence-corrected chi connectivity index (χ0v) is 19.0. The number of rotatable bonds is 9. The second kappa shape index (κ2) is 9.41. The van der Waals surface area contributed by atoms with E-state index >= 15 is 0 Å². The number of sulfonamides is 1. The molecule has 0 saturated heterocycles. The van der Waals surface area contributed by atoms with Gasteiger partial charge in [-0.2, -0.15) is 0 Å². The molecule has 0 aliphatic heterocycles. The van der Waals surface area contributed by atoms with E-state index in [-0.39, 0.29) is 34.5 Å². The fraction of sp³-hybridized carbons (Fsp3) is 0.444. The van der Waals surface area contributed by atoms with E-state index in [2.05, 4.69) is 15.5 Å². The Morgan fingerprint density at radius 3 is 2.53 bits per heavy atom. The third-order valence-corrected chi connectivity index (χ3v) is 7.48. The first kappa shape index (κ1) is 22.7. The molecule has 0 radical (unpaired) electrons. The van der Waals surface area contributed by atoms with E-state index in [0.29, 0.717) is 15.9 Å². The van der Waals surface area contributed by atoms with Crippen LogP contribution in [0.4, 0.5) is 5.13 Å². The number of aromatic nitrogens is 2. The summed E-state index contributed by atoms with van der Waals surface area (Å²) in [4.78, 5) is 26.2. The Morgan fingerprint density at radius 1 is 1.30 bits per heavy atom. The number of nitrogens with two attached hydrogens (primary N) is 1. The van der Waals surface area contributed by atoms with Crippen LogP contribution in [0.3, 0.4) is 0 Å². The second-order valence-corrected chi connectivity index (χ2v) is 10.6. The summed E-state index contributed by atoms with van der Waals surface area (Å²) in [5, 5.41) is 16.7. The number of hydrogen-bond acceptors (Lipinski definition) is 8. The summed E-state index contributed by atoms with van der Waals surface area (Å²) < 4.78 is 23.3. The van der Waals surface area contributed by atoms with Crippen molar-refractivity contribution in [2.24, 2.45) is 5.14 Å². The highest BCUT2D eigenvalue weighted by molar-refractivity contribution is 8.01. The first-order valence-electron chi connectivity index (χ1n) is 9.39. The van der Waals surface area contributed by atoms with Gasteiger partial charge in [0.15, 0.2) is 4.34 Å². The van der Waals surface area contributed by atoms with E-state index in [9.17, 15) is 18.0 Å². The number of anilines is 1. The molecule has 162 valence electrons. The van der Waals surface area contributed by atoms with E-state index in [1.54, 1.807) is 24.0 Å². The fourth-order valence-electron chi connectivity index (χ4n) is 2.77. The molecule has 1 saturated carbocycles. The lowest BCUT2D eigenvalue weighted by atomic mass is 10.1. The van der Waals surface area contributed by atoms with Crippen molar-refractivity contribution < 1.29 is 18.0 Å². The van der Waals surface area contributed by atoms with Gasteiger partial charge in [-0.3, -0.25) is 14.5 Å². The molecular weight excluding hydrogens is 446 g/mol. The zero-order chi connectivity index (χ0) is 21.9. The normalized spacial score (nSPS) is 14.9. The predicted octanol–water partition coefficient (Wildman–Crippen LogP) is 2.06. The van der Waals surface area contributed by atoms with Crippen LogP contribution >= 0.6 is 23.1 Å². The van der Waals surface area contributed by atoms with Gasteiger partial charge in [-0.05, 0) is 37.5 Å². The van der Waals surface area contributed by atoms with Crippen LogP contribution in [0.5, 0.6) is 0 Å². The molecule has 9 nitrogen and oxygen atoms in total. The quantitative estimate of drug-likeness (QED) is 0.424. The summed E-state index contributed by atoms with van der Waals surface area (Å²) in [6, 6.07) is 5.97. The molecule has 3 rings (SSSR count). The fourth-order valence-corrected chi connectivity index (χ4v) is 5.02. The maximum Gasteiger partial charge on any atom is 0.238 e. The Kier molecular flexibility index (Phi) is 7.11. The van der Waals surface area contributed by atoms with Crippen LogP contribution in [0.1, 0.15) is 44.7 Å². The molecule has 1 atom stereocenters. The van der Waals surface area contributed by atoms with Gasteiger partial charge in [0, 0.05) is 12.5 Å². The van der Waals surface area contributed by atoms with Crippen molar-refractivity contribution in [3.05, 3.63) is 29.8 Å². The minimum atomic E-state index is -3.75. The largest absolute Gasteiger partial charge is 0.349 e. The van der Waals surface area contributed by atoms with Crippen molar-refractivity contribution in [1.82, 2.24) is 15.5 Å². The smallest absolute Gasteiger partial charge is 0.238 e. The summed E-state index contributed by atoms with van der Waals surface area (Å²) in [5.74, 6) is -0.00646. The first-order chi connectivity index (χ1) is 14.2. The number of hydrogen-bond donors (Lipinski definition) is 2. The van der Waals surface area contributed by atoms with Crippen LogP contribution in [0, 0.1) is 0 Å². The van der Waals surface area contributed by atoms with E-state index in [1.165, 1.54) is 35.2 Å². The van der Waals surface area contributed by atoms with E-state index < -0.39 is 10.0 Å². The monoisotopic (exact) mass is 469 g/mol. The first-order valence-corrected chi connectivity index (χ1v) is 12.7. The van der Waals surface area contributed by atoms with Crippen LogP contribution in [0.25, 0.3) is 0 Å². The molecule has 1 fully saturated rings. The number of carbonyl (C=O) groups excluding carboxylic acids is 2. The number of carbonyl (C=O) groups is 2. The van der Waals surface area contributed by atoms with Gasteiger partial charge in [-0.1, -0.05) is 42.2 Å². The van der Waals surface area contributed by atoms with Gasteiger partial charge in [0.1, 0.15) is 0 Å². The Morgan fingerprint density at radius 2 is 1.97 bits per heavy atom. The molecule has 2 amide bonds. The van der Waals surface area contributed by atoms with Crippen LogP contribution < -0.4 is 15.4 Å². The van der Waals surface area contributed by atoms with Crippen LogP contribution in [0.2, 0.25) is 0 Å². The summed E-state index contributed by atoms with van der Waals surface area (Å²) in [5.41, 5.74) is 0.761. The lowest BCUT2D eigenvalue weighted by Crippen LogP contribution is -2.32. The Labute approximate surface area is 183 Å². The van der Waals surface area contributed by atoms with Gasteiger partial charge in [0.2, 0.25) is 27.0 Å². The van der Waals surface area contributed by atoms with E-state index in [4.69, 9.17) is 5.14 Å². The number of benzene rings is 1. The third kappa shape index (κ3) is 5.78. The van der Waals surface area contributed by atoms with Crippen molar-refractivity contribution in [3.63, 3.8) is 0 Å². The Balaban J connectivity index is 1.53. The maximum atomic E-state index is 12.3. The van der Waals surface area contributed by atoms with Crippen LogP contribution in [-0.2, 0) is 19.6 Å². The number of thioether (sulfide) groups is 1. The highest BCUT2D eigenvalue weighted by atomic mass is 32.2. The minimum absolute atomic E-state index is 0.0224. The van der Waals surface area contributed by atoms with Crippen LogP contribution in [-0.4, -0.2) is 42.2 Å². The highest BCUT2D eigenvalue weighted by Crippen LogP contribution is 2.36. The van der Waals surface area contributed by atoms with Crippen LogP contribution in [0.15, 0.2) is 33.5 Å². The molecule has 3 N–H and O–H groups in total. The summed E-state index contributed by atoms with van der Waals surface area (Å²) in [6.07, 6.45) is 2.37. The standard InChI is InChI=1S/C18H23N5O4S3/c1-3-16(25)23(13-6-7-13)17-21-22-18(29-17)28-10-15(24)20-11(2)12-4-8-14(9-5-12)30(19,26)27/h4-5,8-9,11,13H,3,6-7,10H2,1-2H3,(H,20,24)(H2,19,26,27)/t11-/m0/s1. The second-order valence-electron chi connectivity index (χ2n) is 6.89. The molecule has 0 unspecified atom stereocenters. The Bertz CT molecular complexity index is 1020. The number of amides is 2. The van der Waals surface area contributed by atoms with Gasteiger partial charge >= 0.3 is 0 Å². The van der Waals surface area contributed by atoms with Gasteiger partial charge < -0.3 is 5.32 Å². The molecule has 0 spiro atoms. The third-order valence-electron chi connectivity index (χ3n) is 4.50. The molecule has 1 aliphatic carbocycles. The number of primary sulfonamides is 1. The SMILES string of the molecule is CCC(=O)N(c1nnc(SCC(=O)N[C@@H](C)c2ccc(S(N)(=O)=O)cc2)s1)C1CC1. The maximum absolute atomic E-state index is 12.3. The molecular formula is C18H23N5O4S3. The predicted molar refractivity (Wildman–Crippen MR) is 116 cm³/mol. The lowest BCUT2D eigenvalue weighted by Gasteiger charge is -2.17. The molecule has 1 aromatic heterocycles. The van der Waals surface area contributed by atoms with Crippen molar-refractivity contribution in [2.75, 3.05) is 10.7 Å². The molecule has 1 aromatic carbocycles. The summed E-state index contributed by atoms with van der Waals surface area (Å²) in [7, 11) is -3.75. The minimum Gasteiger partial charge on any atom is -0.349 e. The van der Waals surface area contributed by atoms with E-state index in [1.807, 2.05) is 6.92 Å². The van der Waals surface area contributed by atoms with Crippen molar-refractivity contribution in [3.8, 4) is 0 Å². The highest BCUT2D eigenvalue weighted by Gasteiger charge is 2.35. The lowest BCUT2D eigenvalue weighted by molar-refractivity contribution is -0.119. The molecule has 2 aromatic rings. The zero-order valence-electron chi connectivity index (χ0n) is 16.6. The van der Waals surface area contributed by atoms with Crippen molar-refractivity contribution in [1.29, 1.82) is 0 Å². The van der Waals surface area contributed by atoms with E-state index in [0.717, 1.165) is 18.4 Å².